The zero-order valence-electron chi connectivity index (χ0n) is 13.7. The molecule has 0 bridgehead atoms. The first-order chi connectivity index (χ1) is 11.8. The van der Waals surface area contributed by atoms with Crippen molar-refractivity contribution in [2.24, 2.45) is 5.92 Å². The Labute approximate surface area is 141 Å². The standard InChI is InChI=1S/C17H16F3N5/c1-9-7-11-5-3-4-6-12(11)14(9)22-13-8-10(2)21-16-23-15(17(18,19)20)24-25(13)16/h3-6,8-9,14,22H,7H2,1-2H3/t9-,14-/m0/s1. The van der Waals surface area contributed by atoms with Crippen LogP contribution < -0.4 is 5.32 Å². The molecule has 3 aromatic rings. The predicted molar refractivity (Wildman–Crippen MR) is 86.2 cm³/mol. The molecule has 1 aliphatic rings. The van der Waals surface area contributed by atoms with Crippen molar-refractivity contribution in [3.05, 3.63) is 53.0 Å². The molecule has 0 fully saturated rings. The minimum Gasteiger partial charge on any atom is -0.363 e. The maximum absolute atomic E-state index is 12.9. The normalized spacial score (nSPS) is 20.0. The van der Waals surface area contributed by atoms with Crippen LogP contribution in [0.4, 0.5) is 19.0 Å². The summed E-state index contributed by atoms with van der Waals surface area (Å²) >= 11 is 0. The molecule has 0 amide bonds. The van der Waals surface area contributed by atoms with Gasteiger partial charge in [0.2, 0.25) is 0 Å². The third kappa shape index (κ3) is 2.71. The number of hydrogen-bond donors (Lipinski definition) is 1. The zero-order valence-corrected chi connectivity index (χ0v) is 13.7. The van der Waals surface area contributed by atoms with Gasteiger partial charge in [-0.05, 0) is 30.4 Å². The molecule has 0 spiro atoms. The van der Waals surface area contributed by atoms with Crippen molar-refractivity contribution < 1.29 is 13.2 Å². The zero-order chi connectivity index (χ0) is 17.8. The molecule has 130 valence electrons. The largest absolute Gasteiger partial charge is 0.453 e. The fourth-order valence-electron chi connectivity index (χ4n) is 3.38. The van der Waals surface area contributed by atoms with Crippen LogP contribution in [0.2, 0.25) is 0 Å². The number of alkyl halides is 3. The molecule has 0 saturated heterocycles. The van der Waals surface area contributed by atoms with E-state index in [1.165, 1.54) is 5.56 Å². The summed E-state index contributed by atoms with van der Waals surface area (Å²) in [6.07, 6.45) is -3.68. The Hall–Kier alpha value is -2.64. The minimum absolute atomic E-state index is 0.000244. The molecule has 25 heavy (non-hydrogen) atoms. The smallest absolute Gasteiger partial charge is 0.363 e. The van der Waals surface area contributed by atoms with E-state index in [9.17, 15) is 13.2 Å². The number of rotatable bonds is 2. The van der Waals surface area contributed by atoms with Crippen molar-refractivity contribution >= 4 is 11.6 Å². The molecular formula is C17H16F3N5. The Morgan fingerprint density at radius 2 is 1.96 bits per heavy atom. The van der Waals surface area contributed by atoms with Gasteiger partial charge in [-0.15, -0.1) is 5.10 Å². The van der Waals surface area contributed by atoms with Crippen molar-refractivity contribution in [3.8, 4) is 0 Å². The molecule has 2 atom stereocenters. The number of nitrogens with one attached hydrogen (secondary N) is 1. The third-order valence-corrected chi connectivity index (χ3v) is 4.50. The van der Waals surface area contributed by atoms with Gasteiger partial charge >= 0.3 is 6.18 Å². The van der Waals surface area contributed by atoms with E-state index in [1.54, 1.807) is 13.0 Å². The molecule has 5 nitrogen and oxygen atoms in total. The number of halogens is 3. The Bertz CT molecular complexity index is 947. The maximum Gasteiger partial charge on any atom is 0.453 e. The van der Waals surface area contributed by atoms with Crippen molar-refractivity contribution in [1.29, 1.82) is 0 Å². The highest BCUT2D eigenvalue weighted by atomic mass is 19.4. The number of aryl methyl sites for hydroxylation is 1. The molecule has 1 aromatic carbocycles. The first-order valence-electron chi connectivity index (χ1n) is 7.99. The lowest BCUT2D eigenvalue weighted by atomic mass is 10.0. The molecule has 2 aromatic heterocycles. The average Bonchev–Trinajstić information content (AvgIpc) is 3.09. The second-order valence-electron chi connectivity index (χ2n) is 6.43. The number of aromatic nitrogens is 4. The molecule has 0 radical (unpaired) electrons. The number of fused-ring (bicyclic) bond motifs is 2. The SMILES string of the molecule is Cc1cc(N[C@@H]2c3ccccc3C[C@@H]2C)n2nc(C(F)(F)F)nc2n1. The Balaban J connectivity index is 1.78. The highest BCUT2D eigenvalue weighted by molar-refractivity contribution is 5.49. The second-order valence-corrected chi connectivity index (χ2v) is 6.43. The van der Waals surface area contributed by atoms with Gasteiger partial charge in [-0.3, -0.25) is 0 Å². The quantitative estimate of drug-likeness (QED) is 0.766. The van der Waals surface area contributed by atoms with Crippen LogP contribution in [-0.4, -0.2) is 19.6 Å². The van der Waals surface area contributed by atoms with Crippen LogP contribution in [0, 0.1) is 12.8 Å². The average molecular weight is 347 g/mol. The highest BCUT2D eigenvalue weighted by Gasteiger charge is 2.37. The molecule has 0 unspecified atom stereocenters. The van der Waals surface area contributed by atoms with Crippen LogP contribution in [0.1, 0.15) is 35.6 Å². The van der Waals surface area contributed by atoms with E-state index in [0.29, 0.717) is 17.4 Å². The summed E-state index contributed by atoms with van der Waals surface area (Å²) in [5.74, 6) is -0.479. The van der Waals surface area contributed by atoms with Gasteiger partial charge in [0.25, 0.3) is 11.6 Å². The highest BCUT2D eigenvalue weighted by Crippen LogP contribution is 2.38. The van der Waals surface area contributed by atoms with E-state index < -0.39 is 12.0 Å². The number of nitrogens with zero attached hydrogens (tertiary/aromatic N) is 4. The van der Waals surface area contributed by atoms with Crippen LogP contribution in [0.3, 0.4) is 0 Å². The second kappa shape index (κ2) is 5.44. The van der Waals surface area contributed by atoms with Crippen LogP contribution >= 0.6 is 0 Å². The summed E-state index contributed by atoms with van der Waals surface area (Å²) in [7, 11) is 0. The van der Waals surface area contributed by atoms with E-state index in [4.69, 9.17) is 0 Å². The fraction of sp³-hybridized carbons (Fsp3) is 0.353. The summed E-state index contributed by atoms with van der Waals surface area (Å²) in [5, 5.41) is 6.95. The lowest BCUT2D eigenvalue weighted by Crippen LogP contribution is -2.17. The Kier molecular flexibility index (Phi) is 3.45. The van der Waals surface area contributed by atoms with Gasteiger partial charge in [0.05, 0.1) is 6.04 Å². The number of anilines is 1. The van der Waals surface area contributed by atoms with Gasteiger partial charge in [-0.1, -0.05) is 31.2 Å². The molecule has 8 heteroatoms. The van der Waals surface area contributed by atoms with Crippen molar-refractivity contribution in [3.63, 3.8) is 0 Å². The molecule has 1 N–H and O–H groups in total. The number of hydrogen-bond acceptors (Lipinski definition) is 4. The van der Waals surface area contributed by atoms with Gasteiger partial charge in [-0.25, -0.2) is 4.98 Å². The lowest BCUT2D eigenvalue weighted by Gasteiger charge is -2.20. The fourth-order valence-corrected chi connectivity index (χ4v) is 3.38. The molecular weight excluding hydrogens is 331 g/mol. The van der Waals surface area contributed by atoms with Crippen LogP contribution in [-0.2, 0) is 12.6 Å². The van der Waals surface area contributed by atoms with Crippen LogP contribution in [0.15, 0.2) is 30.3 Å². The van der Waals surface area contributed by atoms with Gasteiger partial charge < -0.3 is 5.32 Å². The minimum atomic E-state index is -4.61. The van der Waals surface area contributed by atoms with Crippen molar-refractivity contribution in [2.45, 2.75) is 32.5 Å². The number of benzene rings is 1. The van der Waals surface area contributed by atoms with Gasteiger partial charge in [0.1, 0.15) is 5.82 Å². The van der Waals surface area contributed by atoms with E-state index in [2.05, 4.69) is 33.4 Å². The van der Waals surface area contributed by atoms with Crippen LogP contribution in [0.25, 0.3) is 5.78 Å². The van der Waals surface area contributed by atoms with E-state index in [1.807, 2.05) is 18.2 Å². The summed E-state index contributed by atoms with van der Waals surface area (Å²) in [6.45, 7) is 3.84. The first-order valence-corrected chi connectivity index (χ1v) is 7.99. The third-order valence-electron chi connectivity index (χ3n) is 4.50. The van der Waals surface area contributed by atoms with Gasteiger partial charge in [0, 0.05) is 11.8 Å². The van der Waals surface area contributed by atoms with E-state index in [-0.39, 0.29) is 11.8 Å². The Morgan fingerprint density at radius 3 is 2.72 bits per heavy atom. The Morgan fingerprint density at radius 1 is 1.20 bits per heavy atom. The van der Waals surface area contributed by atoms with E-state index in [0.717, 1.165) is 16.5 Å². The molecule has 1 aliphatic carbocycles. The molecule has 2 heterocycles. The van der Waals surface area contributed by atoms with Crippen molar-refractivity contribution in [2.75, 3.05) is 5.32 Å². The molecule has 0 saturated carbocycles. The van der Waals surface area contributed by atoms with Crippen LogP contribution in [0.5, 0.6) is 0 Å². The summed E-state index contributed by atoms with van der Waals surface area (Å²) in [6, 6.07) is 9.78. The maximum atomic E-state index is 12.9. The molecule has 0 aliphatic heterocycles. The lowest BCUT2D eigenvalue weighted by molar-refractivity contribution is -0.144. The van der Waals surface area contributed by atoms with Crippen molar-refractivity contribution in [1.82, 2.24) is 19.6 Å². The topological polar surface area (TPSA) is 55.1 Å². The summed E-state index contributed by atoms with van der Waals surface area (Å²) in [4.78, 5) is 7.58. The van der Waals surface area contributed by atoms with E-state index >= 15 is 0 Å². The predicted octanol–water partition coefficient (Wildman–Crippen LogP) is 3.80. The monoisotopic (exact) mass is 347 g/mol. The van der Waals surface area contributed by atoms with Gasteiger partial charge in [-0.2, -0.15) is 22.7 Å². The summed E-state index contributed by atoms with van der Waals surface area (Å²) < 4.78 is 39.9. The molecule has 4 rings (SSSR count). The van der Waals surface area contributed by atoms with Gasteiger partial charge in [0.15, 0.2) is 0 Å². The summed E-state index contributed by atoms with van der Waals surface area (Å²) in [5.41, 5.74) is 2.99. The first kappa shape index (κ1) is 15.9.